The van der Waals surface area contributed by atoms with Crippen molar-refractivity contribution in [2.75, 3.05) is 19.8 Å². The first-order chi connectivity index (χ1) is 12.8. The van der Waals surface area contributed by atoms with Gasteiger partial charge in [0.25, 0.3) is 5.91 Å². The van der Waals surface area contributed by atoms with Crippen molar-refractivity contribution < 1.29 is 18.7 Å². The van der Waals surface area contributed by atoms with E-state index in [9.17, 15) is 14.0 Å². The molecule has 0 bridgehead atoms. The summed E-state index contributed by atoms with van der Waals surface area (Å²) in [6, 6.07) is 6.56. The molecular formula is C21H25FN2O3. The topological polar surface area (TPSA) is 71.2 Å². The lowest BCUT2D eigenvalue weighted by molar-refractivity contribution is 0.0486. The van der Waals surface area contributed by atoms with Crippen LogP contribution < -0.4 is 5.32 Å². The highest BCUT2D eigenvalue weighted by atomic mass is 19.1. The van der Waals surface area contributed by atoms with Crippen molar-refractivity contribution in [2.45, 2.75) is 39.0 Å². The van der Waals surface area contributed by atoms with Crippen molar-refractivity contribution >= 4 is 11.7 Å². The largest absolute Gasteiger partial charge is 0.381 e. The summed E-state index contributed by atoms with van der Waals surface area (Å²) in [6.07, 6.45) is 1.42. The van der Waals surface area contributed by atoms with E-state index in [-0.39, 0.29) is 22.9 Å². The van der Waals surface area contributed by atoms with Gasteiger partial charge in [-0.3, -0.25) is 9.59 Å². The zero-order valence-corrected chi connectivity index (χ0v) is 15.9. The third kappa shape index (κ3) is 3.81. The fourth-order valence-electron chi connectivity index (χ4n) is 3.93. The molecule has 27 heavy (non-hydrogen) atoms. The summed E-state index contributed by atoms with van der Waals surface area (Å²) in [5.74, 6) is -0.612. The van der Waals surface area contributed by atoms with Gasteiger partial charge in [-0.1, -0.05) is 12.1 Å². The minimum Gasteiger partial charge on any atom is -0.381 e. The Morgan fingerprint density at radius 1 is 1.26 bits per heavy atom. The maximum atomic E-state index is 13.8. The van der Waals surface area contributed by atoms with Gasteiger partial charge in [0, 0.05) is 37.8 Å². The molecule has 1 fully saturated rings. The number of H-pyrrole nitrogens is 1. The Labute approximate surface area is 158 Å². The highest BCUT2D eigenvalue weighted by Gasteiger charge is 2.35. The van der Waals surface area contributed by atoms with Crippen LogP contribution in [0.15, 0.2) is 24.3 Å². The number of nitrogens with one attached hydrogen (secondary N) is 2. The Kier molecular flexibility index (Phi) is 5.46. The number of aromatic amines is 1. The van der Waals surface area contributed by atoms with Gasteiger partial charge in [0.2, 0.25) is 0 Å². The van der Waals surface area contributed by atoms with Crippen LogP contribution in [0.5, 0.6) is 0 Å². The molecule has 0 unspecified atom stereocenters. The predicted octanol–water partition coefficient (Wildman–Crippen LogP) is 3.45. The van der Waals surface area contributed by atoms with Crippen LogP contribution in [0.1, 0.15) is 57.4 Å². The molecule has 5 nitrogen and oxygen atoms in total. The highest BCUT2D eigenvalue weighted by Crippen LogP contribution is 2.34. The lowest BCUT2D eigenvalue weighted by atomic mass is 9.74. The first-order valence-corrected chi connectivity index (χ1v) is 9.16. The Morgan fingerprint density at radius 3 is 2.56 bits per heavy atom. The molecule has 1 amide bonds. The third-order valence-corrected chi connectivity index (χ3v) is 5.49. The lowest BCUT2D eigenvalue weighted by Crippen LogP contribution is -2.44. The number of rotatable bonds is 5. The van der Waals surface area contributed by atoms with Gasteiger partial charge >= 0.3 is 0 Å². The number of aromatic nitrogens is 1. The van der Waals surface area contributed by atoms with Gasteiger partial charge in [0.05, 0.1) is 11.3 Å². The van der Waals surface area contributed by atoms with E-state index in [2.05, 4.69) is 10.3 Å². The lowest BCUT2D eigenvalue weighted by Gasteiger charge is -2.38. The van der Waals surface area contributed by atoms with Crippen LogP contribution in [0.3, 0.4) is 0 Å². The Hall–Kier alpha value is -2.47. The number of halogens is 1. The standard InChI is InChI=1S/C21H25FN2O3/c1-13-18(14(2)24-19(13)15(3)25)20(26)23-12-21(7-9-27-10-8-21)16-5-4-6-17(22)11-16/h4-6,11,24H,7-10,12H2,1-3H3,(H,23,26). The molecule has 144 valence electrons. The second-order valence-electron chi connectivity index (χ2n) is 7.27. The molecule has 2 heterocycles. The first kappa shape index (κ1) is 19.3. The van der Waals surface area contributed by atoms with Crippen molar-refractivity contribution in [3.05, 3.63) is 58.2 Å². The number of benzene rings is 1. The fraction of sp³-hybridized carbons (Fsp3) is 0.429. The summed E-state index contributed by atoms with van der Waals surface area (Å²) in [5, 5.41) is 3.01. The van der Waals surface area contributed by atoms with Gasteiger partial charge in [-0.25, -0.2) is 4.39 Å². The van der Waals surface area contributed by atoms with Crippen LogP contribution in [-0.4, -0.2) is 36.4 Å². The summed E-state index contributed by atoms with van der Waals surface area (Å²) >= 11 is 0. The van der Waals surface area contributed by atoms with Gasteiger partial charge in [-0.15, -0.1) is 0 Å². The van der Waals surface area contributed by atoms with E-state index < -0.39 is 0 Å². The normalized spacial score (nSPS) is 16.1. The quantitative estimate of drug-likeness (QED) is 0.790. The van der Waals surface area contributed by atoms with Crippen LogP contribution in [0.25, 0.3) is 0 Å². The number of amides is 1. The number of hydrogen-bond acceptors (Lipinski definition) is 3. The van der Waals surface area contributed by atoms with E-state index >= 15 is 0 Å². The minimum absolute atomic E-state index is 0.102. The van der Waals surface area contributed by atoms with E-state index in [4.69, 9.17) is 4.74 Å². The number of hydrogen-bond donors (Lipinski definition) is 2. The molecule has 2 N–H and O–H groups in total. The highest BCUT2D eigenvalue weighted by molar-refractivity contribution is 6.02. The van der Waals surface area contributed by atoms with Crippen LogP contribution in [0.2, 0.25) is 0 Å². The van der Waals surface area contributed by atoms with E-state index in [0.717, 1.165) is 5.56 Å². The van der Waals surface area contributed by atoms with Crippen molar-refractivity contribution in [1.29, 1.82) is 0 Å². The molecule has 1 saturated heterocycles. The molecule has 0 atom stereocenters. The molecule has 1 aromatic carbocycles. The molecule has 0 radical (unpaired) electrons. The van der Waals surface area contributed by atoms with Gasteiger partial charge in [0.15, 0.2) is 5.78 Å². The van der Waals surface area contributed by atoms with Crippen molar-refractivity contribution in [3.63, 3.8) is 0 Å². The molecule has 0 saturated carbocycles. The van der Waals surface area contributed by atoms with E-state index in [0.29, 0.717) is 55.1 Å². The van der Waals surface area contributed by atoms with Gasteiger partial charge in [0.1, 0.15) is 5.82 Å². The number of carbonyl (C=O) groups excluding carboxylic acids is 2. The average Bonchev–Trinajstić information content (AvgIpc) is 2.95. The molecule has 0 spiro atoms. The first-order valence-electron chi connectivity index (χ1n) is 9.16. The summed E-state index contributed by atoms with van der Waals surface area (Å²) < 4.78 is 19.3. The van der Waals surface area contributed by atoms with Gasteiger partial charge in [-0.05, 0) is 49.9 Å². The molecule has 1 aliphatic heterocycles. The van der Waals surface area contributed by atoms with Crippen LogP contribution in [0.4, 0.5) is 4.39 Å². The monoisotopic (exact) mass is 372 g/mol. The van der Waals surface area contributed by atoms with E-state index in [1.807, 2.05) is 6.07 Å². The van der Waals surface area contributed by atoms with Crippen LogP contribution >= 0.6 is 0 Å². The van der Waals surface area contributed by atoms with E-state index in [1.54, 1.807) is 19.9 Å². The third-order valence-electron chi connectivity index (χ3n) is 5.49. The SMILES string of the molecule is CC(=O)c1[nH]c(C)c(C(=O)NCC2(c3cccc(F)c3)CCOCC2)c1C. The van der Waals surface area contributed by atoms with Crippen LogP contribution in [-0.2, 0) is 10.2 Å². The van der Waals surface area contributed by atoms with Crippen molar-refractivity contribution in [2.24, 2.45) is 0 Å². The summed E-state index contributed by atoms with van der Waals surface area (Å²) in [5.41, 5.74) is 2.80. The number of ether oxygens (including phenoxy) is 1. The molecule has 1 aliphatic rings. The second kappa shape index (κ2) is 7.64. The minimum atomic E-state index is -0.364. The molecular weight excluding hydrogens is 347 g/mol. The number of Topliss-reactive ketones (excluding diaryl/α,β-unsaturated/α-hetero) is 1. The van der Waals surface area contributed by atoms with Crippen molar-refractivity contribution in [1.82, 2.24) is 10.3 Å². The zero-order chi connectivity index (χ0) is 19.6. The molecule has 6 heteroatoms. The number of aryl methyl sites for hydroxylation is 1. The van der Waals surface area contributed by atoms with Gasteiger partial charge in [-0.2, -0.15) is 0 Å². The fourth-order valence-corrected chi connectivity index (χ4v) is 3.93. The summed E-state index contributed by atoms with van der Waals surface area (Å²) in [6.45, 7) is 6.56. The Morgan fingerprint density at radius 2 is 1.96 bits per heavy atom. The average molecular weight is 372 g/mol. The smallest absolute Gasteiger partial charge is 0.253 e. The second-order valence-corrected chi connectivity index (χ2v) is 7.27. The Balaban J connectivity index is 1.84. The maximum Gasteiger partial charge on any atom is 0.253 e. The molecule has 3 rings (SSSR count). The zero-order valence-electron chi connectivity index (χ0n) is 15.9. The Bertz CT molecular complexity index is 866. The summed E-state index contributed by atoms with van der Waals surface area (Å²) in [7, 11) is 0. The van der Waals surface area contributed by atoms with E-state index in [1.165, 1.54) is 19.1 Å². The molecule has 2 aromatic rings. The van der Waals surface area contributed by atoms with Gasteiger partial charge < -0.3 is 15.0 Å². The predicted molar refractivity (Wildman–Crippen MR) is 101 cm³/mol. The number of ketones is 1. The maximum absolute atomic E-state index is 13.8. The summed E-state index contributed by atoms with van der Waals surface area (Å²) in [4.78, 5) is 27.6. The number of carbonyl (C=O) groups is 2. The van der Waals surface area contributed by atoms with Crippen LogP contribution in [0, 0.1) is 19.7 Å². The molecule has 1 aromatic heterocycles. The van der Waals surface area contributed by atoms with Crippen molar-refractivity contribution in [3.8, 4) is 0 Å². The molecule has 0 aliphatic carbocycles.